The Kier molecular flexibility index (Phi) is 5.87. The lowest BCUT2D eigenvalue weighted by Crippen LogP contribution is -2.16. The number of para-hydroxylation sites is 1. The molecule has 0 fully saturated rings. The maximum Gasteiger partial charge on any atom is 0.247 e. The number of furan rings is 1. The topological polar surface area (TPSA) is 73.1 Å². The van der Waals surface area contributed by atoms with Gasteiger partial charge in [-0.1, -0.05) is 59.8 Å². The van der Waals surface area contributed by atoms with Gasteiger partial charge in [0.1, 0.15) is 11.6 Å². The van der Waals surface area contributed by atoms with E-state index in [0.29, 0.717) is 28.3 Å². The maximum absolute atomic E-state index is 13.3. The largest absolute Gasteiger partial charge is 0.455 e. The van der Waals surface area contributed by atoms with Crippen LogP contribution in [0, 0.1) is 12.7 Å². The third kappa shape index (κ3) is 4.55. The number of ether oxygens (including phenoxy) is 1. The molecular formula is C28H21FN4O2S. The molecule has 0 radical (unpaired) electrons. The summed E-state index contributed by atoms with van der Waals surface area (Å²) in [5.74, 6) is 1.97. The van der Waals surface area contributed by atoms with E-state index >= 15 is 0 Å². The predicted octanol–water partition coefficient (Wildman–Crippen LogP) is 7.04. The van der Waals surface area contributed by atoms with Gasteiger partial charge in [-0.15, -0.1) is 10.2 Å². The molecule has 1 N–H and O–H groups in total. The van der Waals surface area contributed by atoms with Crippen molar-refractivity contribution in [2.45, 2.75) is 24.1 Å². The zero-order valence-electron chi connectivity index (χ0n) is 19.3. The third-order valence-electron chi connectivity index (χ3n) is 5.84. The van der Waals surface area contributed by atoms with Crippen LogP contribution in [0.15, 0.2) is 94.5 Å². The second-order valence-corrected chi connectivity index (χ2v) is 9.36. The van der Waals surface area contributed by atoms with E-state index < -0.39 is 6.23 Å². The van der Waals surface area contributed by atoms with Crippen LogP contribution in [0.1, 0.15) is 23.1 Å². The summed E-state index contributed by atoms with van der Waals surface area (Å²) in [6.07, 6.45) is -0.645. The van der Waals surface area contributed by atoms with Crippen LogP contribution in [0.5, 0.6) is 5.88 Å². The number of nitrogens with one attached hydrogen (secondary N) is 1. The summed E-state index contributed by atoms with van der Waals surface area (Å²) >= 11 is 1.50. The highest BCUT2D eigenvalue weighted by Crippen LogP contribution is 2.40. The van der Waals surface area contributed by atoms with E-state index in [-0.39, 0.29) is 5.82 Å². The molecule has 0 saturated carbocycles. The molecule has 3 aromatic carbocycles. The molecular weight excluding hydrogens is 475 g/mol. The first-order valence-electron chi connectivity index (χ1n) is 11.4. The first kappa shape index (κ1) is 22.3. The quantitative estimate of drug-likeness (QED) is 0.262. The Labute approximate surface area is 211 Å². The third-order valence-corrected chi connectivity index (χ3v) is 6.74. The number of rotatable bonds is 5. The van der Waals surface area contributed by atoms with Crippen molar-refractivity contribution in [1.29, 1.82) is 0 Å². The number of hydrogen-bond acceptors (Lipinski definition) is 7. The fourth-order valence-corrected chi connectivity index (χ4v) is 4.67. The van der Waals surface area contributed by atoms with Gasteiger partial charge in [0.2, 0.25) is 17.3 Å². The average Bonchev–Trinajstić information content (AvgIpc) is 3.33. The molecule has 6 rings (SSSR count). The lowest BCUT2D eigenvalue weighted by molar-refractivity contribution is 0.196. The van der Waals surface area contributed by atoms with Crippen LogP contribution in [0.25, 0.3) is 22.6 Å². The van der Waals surface area contributed by atoms with Crippen molar-refractivity contribution >= 4 is 17.4 Å². The Bertz CT molecular complexity index is 1520. The van der Waals surface area contributed by atoms with Crippen LogP contribution in [-0.2, 0) is 5.75 Å². The number of fused-ring (bicyclic) bond motifs is 3. The number of halogens is 1. The number of benzene rings is 3. The fourth-order valence-electron chi connectivity index (χ4n) is 3.93. The summed E-state index contributed by atoms with van der Waals surface area (Å²) in [6.45, 7) is 2.07. The van der Waals surface area contributed by atoms with E-state index in [4.69, 9.17) is 14.1 Å². The van der Waals surface area contributed by atoms with Gasteiger partial charge in [-0.25, -0.2) is 4.39 Å². The van der Waals surface area contributed by atoms with Crippen LogP contribution < -0.4 is 10.1 Å². The minimum absolute atomic E-state index is 0.296. The lowest BCUT2D eigenvalue weighted by atomic mass is 10.1. The highest BCUT2D eigenvalue weighted by atomic mass is 32.2. The number of aryl methyl sites for hydroxylation is 1. The SMILES string of the molecule is Cc1ccc(CSc2nnc3c(n2)OC(c2ccc(-c4ccc(F)cc4)o2)Nc2ccccc2-3)cc1. The number of anilines is 1. The van der Waals surface area contributed by atoms with Gasteiger partial charge in [-0.3, -0.25) is 0 Å². The van der Waals surface area contributed by atoms with Crippen LogP contribution in [0.2, 0.25) is 0 Å². The van der Waals surface area contributed by atoms with E-state index in [2.05, 4.69) is 46.7 Å². The molecule has 0 spiro atoms. The Morgan fingerprint density at radius 1 is 0.917 bits per heavy atom. The average molecular weight is 497 g/mol. The van der Waals surface area contributed by atoms with Gasteiger partial charge >= 0.3 is 0 Å². The van der Waals surface area contributed by atoms with Crippen LogP contribution in [-0.4, -0.2) is 15.2 Å². The minimum atomic E-state index is -0.645. The maximum atomic E-state index is 13.3. The molecule has 0 aliphatic carbocycles. The summed E-state index contributed by atoms with van der Waals surface area (Å²) in [5, 5.41) is 12.7. The summed E-state index contributed by atoms with van der Waals surface area (Å²) in [4.78, 5) is 4.70. The van der Waals surface area contributed by atoms with E-state index in [0.717, 1.165) is 22.6 Å². The Morgan fingerprint density at radius 2 is 1.72 bits per heavy atom. The molecule has 1 unspecified atom stereocenters. The Morgan fingerprint density at radius 3 is 2.56 bits per heavy atom. The summed E-state index contributed by atoms with van der Waals surface area (Å²) in [7, 11) is 0. The second-order valence-electron chi connectivity index (χ2n) is 8.42. The van der Waals surface area contributed by atoms with Crippen molar-refractivity contribution in [1.82, 2.24) is 15.2 Å². The van der Waals surface area contributed by atoms with Crippen LogP contribution >= 0.6 is 11.8 Å². The van der Waals surface area contributed by atoms with E-state index in [1.807, 2.05) is 36.4 Å². The highest BCUT2D eigenvalue weighted by Gasteiger charge is 2.28. The smallest absolute Gasteiger partial charge is 0.247 e. The molecule has 36 heavy (non-hydrogen) atoms. The molecule has 0 saturated heterocycles. The van der Waals surface area contributed by atoms with E-state index in [9.17, 15) is 4.39 Å². The van der Waals surface area contributed by atoms with Gasteiger partial charge in [0.15, 0.2) is 11.5 Å². The van der Waals surface area contributed by atoms with Crippen molar-refractivity contribution in [2.75, 3.05) is 5.32 Å². The number of hydrogen-bond donors (Lipinski definition) is 1. The molecule has 2 aromatic heterocycles. The van der Waals surface area contributed by atoms with Crippen molar-refractivity contribution in [3.8, 4) is 28.5 Å². The molecule has 5 aromatic rings. The second kappa shape index (κ2) is 9.47. The first-order chi connectivity index (χ1) is 17.6. The monoisotopic (exact) mass is 496 g/mol. The van der Waals surface area contributed by atoms with Gasteiger partial charge < -0.3 is 14.5 Å². The van der Waals surface area contributed by atoms with Gasteiger partial charge in [-0.2, -0.15) is 4.98 Å². The molecule has 0 amide bonds. The predicted molar refractivity (Wildman–Crippen MR) is 137 cm³/mol. The van der Waals surface area contributed by atoms with Gasteiger partial charge in [0.25, 0.3) is 0 Å². The first-order valence-corrected chi connectivity index (χ1v) is 12.4. The molecule has 0 bridgehead atoms. The molecule has 1 atom stereocenters. The zero-order chi connectivity index (χ0) is 24.5. The number of aromatic nitrogens is 3. The normalized spacial score (nSPS) is 14.2. The zero-order valence-corrected chi connectivity index (χ0v) is 20.1. The molecule has 6 nitrogen and oxygen atoms in total. The molecule has 1 aliphatic rings. The molecule has 8 heteroatoms. The van der Waals surface area contributed by atoms with Crippen molar-refractivity contribution < 1.29 is 13.5 Å². The van der Waals surface area contributed by atoms with Crippen LogP contribution in [0.4, 0.5) is 10.1 Å². The highest BCUT2D eigenvalue weighted by molar-refractivity contribution is 7.98. The standard InChI is InChI=1S/C28H21FN4O2S/c1-17-6-8-18(9-7-17)16-36-28-31-27-25(32-33-28)21-4-2-3-5-22(21)30-26(35-27)24-15-14-23(34-24)19-10-12-20(29)13-11-19/h2-15,26,30H,16H2,1H3. The van der Waals surface area contributed by atoms with Gasteiger partial charge in [0.05, 0.1) is 0 Å². The van der Waals surface area contributed by atoms with Crippen molar-refractivity contribution in [2.24, 2.45) is 0 Å². The van der Waals surface area contributed by atoms with Crippen LogP contribution in [0.3, 0.4) is 0 Å². The molecule has 1 aliphatic heterocycles. The minimum Gasteiger partial charge on any atom is -0.455 e. The van der Waals surface area contributed by atoms with Gasteiger partial charge in [0, 0.05) is 22.6 Å². The van der Waals surface area contributed by atoms with Crippen molar-refractivity contribution in [3.05, 3.63) is 108 Å². The summed E-state index contributed by atoms with van der Waals surface area (Å²) in [5.41, 5.74) is 5.41. The molecule has 3 heterocycles. The van der Waals surface area contributed by atoms with E-state index in [1.54, 1.807) is 12.1 Å². The van der Waals surface area contributed by atoms with Gasteiger partial charge in [-0.05, 0) is 55.0 Å². The summed E-state index contributed by atoms with van der Waals surface area (Å²) < 4.78 is 25.8. The Hall–Kier alpha value is -4.17. The Balaban J connectivity index is 1.31. The fraction of sp³-hybridized carbons (Fsp3) is 0.107. The number of nitrogens with zero attached hydrogens (tertiary/aromatic N) is 3. The van der Waals surface area contributed by atoms with Crippen molar-refractivity contribution in [3.63, 3.8) is 0 Å². The number of thioether (sulfide) groups is 1. The summed E-state index contributed by atoms with van der Waals surface area (Å²) in [6, 6.07) is 26.0. The lowest BCUT2D eigenvalue weighted by Gasteiger charge is -2.16. The molecule has 178 valence electrons. The van der Waals surface area contributed by atoms with E-state index in [1.165, 1.54) is 35.0 Å².